The van der Waals surface area contributed by atoms with E-state index in [0.717, 1.165) is 68.7 Å². The van der Waals surface area contributed by atoms with Crippen LogP contribution in [0.1, 0.15) is 12.1 Å². The molecule has 0 radical (unpaired) electrons. The highest BCUT2D eigenvalue weighted by Crippen LogP contribution is 2.25. The quantitative estimate of drug-likeness (QED) is 0.594. The van der Waals surface area contributed by atoms with Crippen molar-refractivity contribution < 1.29 is 4.79 Å². The molecule has 1 N–H and O–H groups in total. The maximum Gasteiger partial charge on any atom is 0.240 e. The molecular weight excluding hydrogens is 556 g/mol. The third-order valence-corrected chi connectivity index (χ3v) is 7.40. The number of rotatable bonds is 4. The number of anilines is 1. The first-order chi connectivity index (χ1) is 14.7. The van der Waals surface area contributed by atoms with Gasteiger partial charge in [0.2, 0.25) is 5.91 Å². The lowest BCUT2D eigenvalue weighted by molar-refractivity contribution is -0.131. The summed E-state index contributed by atoms with van der Waals surface area (Å²) >= 11 is 1.85. The highest BCUT2D eigenvalue weighted by Gasteiger charge is 2.36. The largest absolute Gasteiger partial charge is 0.354 e. The first kappa shape index (κ1) is 25.6. The van der Waals surface area contributed by atoms with Gasteiger partial charge in [0, 0.05) is 57.1 Å². The Balaban J connectivity index is 0.00000144. The highest BCUT2D eigenvalue weighted by molar-refractivity contribution is 8.93. The summed E-state index contributed by atoms with van der Waals surface area (Å²) in [6.07, 6.45) is 0.932. The van der Waals surface area contributed by atoms with Crippen LogP contribution in [-0.2, 0) is 4.79 Å². The lowest BCUT2D eigenvalue weighted by Gasteiger charge is -2.38. The number of thioether (sulfide) groups is 1. The lowest BCUT2D eigenvalue weighted by atomic mass is 10.1. The van der Waals surface area contributed by atoms with Crippen molar-refractivity contribution in [3.8, 4) is 5.69 Å². The third-order valence-electron chi connectivity index (χ3n) is 6.44. The molecule has 0 unspecified atom stereocenters. The van der Waals surface area contributed by atoms with Crippen molar-refractivity contribution in [2.24, 2.45) is 0 Å². The molecule has 10 heteroatoms. The Morgan fingerprint density at radius 3 is 2.53 bits per heavy atom. The van der Waals surface area contributed by atoms with Gasteiger partial charge in [-0.25, -0.2) is 4.68 Å². The van der Waals surface area contributed by atoms with Gasteiger partial charge in [0.05, 0.1) is 23.3 Å². The van der Waals surface area contributed by atoms with E-state index in [4.69, 9.17) is 5.10 Å². The van der Waals surface area contributed by atoms with E-state index in [-0.39, 0.29) is 40.0 Å². The van der Waals surface area contributed by atoms with Crippen LogP contribution in [0.25, 0.3) is 5.69 Å². The SMILES string of the molecule is Br.Br.Cc1cc(N2CCN([C@@H]3CN[C@H](C(=O)N4CCSC4)C3)CC2)n(-c2ccccc2)n1. The number of carbonyl (C=O) groups is 1. The molecule has 3 saturated heterocycles. The number of carbonyl (C=O) groups excluding carboxylic acids is 1. The molecule has 32 heavy (non-hydrogen) atoms. The molecule has 1 aromatic carbocycles. The normalized spacial score (nSPS) is 23.7. The van der Waals surface area contributed by atoms with E-state index >= 15 is 0 Å². The van der Waals surface area contributed by atoms with Gasteiger partial charge < -0.3 is 15.1 Å². The van der Waals surface area contributed by atoms with E-state index in [1.807, 2.05) is 22.7 Å². The van der Waals surface area contributed by atoms with E-state index < -0.39 is 0 Å². The zero-order valence-electron chi connectivity index (χ0n) is 18.4. The van der Waals surface area contributed by atoms with Crippen LogP contribution in [0.4, 0.5) is 5.82 Å². The van der Waals surface area contributed by atoms with Crippen LogP contribution in [0, 0.1) is 6.92 Å². The fraction of sp³-hybridized carbons (Fsp3) is 0.545. The van der Waals surface area contributed by atoms with E-state index in [0.29, 0.717) is 11.9 Å². The molecule has 3 aliphatic rings. The van der Waals surface area contributed by atoms with Crippen LogP contribution in [-0.4, -0.2) is 88.5 Å². The second-order valence-corrected chi connectivity index (χ2v) is 9.48. The Morgan fingerprint density at radius 2 is 1.84 bits per heavy atom. The molecule has 3 aliphatic heterocycles. The Bertz CT molecular complexity index is 884. The molecule has 0 spiro atoms. The van der Waals surface area contributed by atoms with Gasteiger partial charge in [-0.15, -0.1) is 45.7 Å². The predicted octanol–water partition coefficient (Wildman–Crippen LogP) is 2.72. The minimum Gasteiger partial charge on any atom is -0.354 e. The van der Waals surface area contributed by atoms with E-state index in [2.05, 4.69) is 57.1 Å². The minimum absolute atomic E-state index is 0. The summed E-state index contributed by atoms with van der Waals surface area (Å²) in [5.74, 6) is 3.39. The number of amides is 1. The molecule has 7 nitrogen and oxygen atoms in total. The van der Waals surface area contributed by atoms with E-state index in [9.17, 15) is 4.79 Å². The fourth-order valence-electron chi connectivity index (χ4n) is 4.78. The van der Waals surface area contributed by atoms with Crippen LogP contribution < -0.4 is 10.2 Å². The fourth-order valence-corrected chi connectivity index (χ4v) is 5.73. The van der Waals surface area contributed by atoms with Crippen molar-refractivity contribution in [3.05, 3.63) is 42.1 Å². The Kier molecular flexibility index (Phi) is 9.08. The van der Waals surface area contributed by atoms with Gasteiger partial charge in [-0.2, -0.15) is 5.10 Å². The monoisotopic (exact) mass is 586 g/mol. The molecule has 4 heterocycles. The third kappa shape index (κ3) is 5.35. The van der Waals surface area contributed by atoms with Gasteiger partial charge in [0.15, 0.2) is 0 Å². The maximum absolute atomic E-state index is 12.7. The number of hydrogen-bond acceptors (Lipinski definition) is 6. The van der Waals surface area contributed by atoms with E-state index in [1.54, 1.807) is 0 Å². The number of aromatic nitrogens is 2. The number of benzene rings is 1. The maximum atomic E-state index is 12.7. The van der Waals surface area contributed by atoms with Crippen LogP contribution in [0.2, 0.25) is 0 Å². The van der Waals surface area contributed by atoms with Crippen LogP contribution in [0.5, 0.6) is 0 Å². The lowest BCUT2D eigenvalue weighted by Crippen LogP contribution is -2.51. The minimum atomic E-state index is -0.00566. The first-order valence-electron chi connectivity index (χ1n) is 10.9. The molecule has 1 amide bonds. The van der Waals surface area contributed by atoms with Gasteiger partial charge in [-0.1, -0.05) is 18.2 Å². The molecule has 2 aromatic rings. The average Bonchev–Trinajstić information content (AvgIpc) is 3.55. The second-order valence-electron chi connectivity index (χ2n) is 8.40. The number of halogens is 2. The van der Waals surface area contributed by atoms with Gasteiger partial charge in [0.1, 0.15) is 5.82 Å². The molecule has 0 saturated carbocycles. The van der Waals surface area contributed by atoms with Crippen LogP contribution in [0.3, 0.4) is 0 Å². The summed E-state index contributed by atoms with van der Waals surface area (Å²) in [6, 6.07) is 13.0. The number of hydrogen-bond donors (Lipinski definition) is 1. The van der Waals surface area contributed by atoms with Crippen molar-refractivity contribution in [2.75, 3.05) is 55.8 Å². The van der Waals surface area contributed by atoms with Crippen molar-refractivity contribution in [3.63, 3.8) is 0 Å². The first-order valence-corrected chi connectivity index (χ1v) is 12.1. The Morgan fingerprint density at radius 1 is 1.09 bits per heavy atom. The van der Waals surface area contributed by atoms with Gasteiger partial charge in [-0.3, -0.25) is 9.69 Å². The van der Waals surface area contributed by atoms with Crippen LogP contribution in [0.15, 0.2) is 36.4 Å². The molecule has 0 bridgehead atoms. The highest BCUT2D eigenvalue weighted by atomic mass is 79.9. The van der Waals surface area contributed by atoms with E-state index in [1.165, 1.54) is 5.82 Å². The smallest absolute Gasteiger partial charge is 0.240 e. The summed E-state index contributed by atoms with van der Waals surface area (Å²) < 4.78 is 2.06. The zero-order chi connectivity index (χ0) is 20.5. The van der Waals surface area contributed by atoms with Crippen molar-refractivity contribution in [1.29, 1.82) is 0 Å². The molecule has 1 aromatic heterocycles. The summed E-state index contributed by atoms with van der Waals surface area (Å²) in [7, 11) is 0. The molecule has 0 aliphatic carbocycles. The predicted molar refractivity (Wildman–Crippen MR) is 142 cm³/mol. The van der Waals surface area contributed by atoms with Crippen LogP contribution >= 0.6 is 45.7 Å². The molecule has 2 atom stereocenters. The zero-order valence-corrected chi connectivity index (χ0v) is 22.6. The molecule has 3 fully saturated rings. The van der Waals surface area contributed by atoms with Gasteiger partial charge in [0.25, 0.3) is 0 Å². The van der Waals surface area contributed by atoms with Crippen molar-refractivity contribution in [1.82, 2.24) is 24.9 Å². The number of piperazine rings is 1. The Labute approximate surface area is 215 Å². The number of nitrogens with zero attached hydrogens (tertiary/aromatic N) is 5. The number of aryl methyl sites for hydroxylation is 1. The van der Waals surface area contributed by atoms with Gasteiger partial charge in [-0.05, 0) is 25.5 Å². The summed E-state index contributed by atoms with van der Waals surface area (Å²) in [6.45, 7) is 7.88. The van der Waals surface area contributed by atoms with Crippen molar-refractivity contribution >= 4 is 57.4 Å². The summed E-state index contributed by atoms with van der Waals surface area (Å²) in [5.41, 5.74) is 2.14. The average molecular weight is 588 g/mol. The summed E-state index contributed by atoms with van der Waals surface area (Å²) in [5, 5.41) is 8.21. The van der Waals surface area contributed by atoms with Crippen molar-refractivity contribution in [2.45, 2.75) is 25.4 Å². The number of nitrogens with one attached hydrogen (secondary N) is 1. The second kappa shape index (κ2) is 11.4. The molecule has 176 valence electrons. The Hall–Kier alpha value is -1.07. The standard InChI is InChI=1S/C22H30N6OS.2BrH/c1-17-13-21(28(24-17)18-5-3-2-4-6-18)26-9-7-25(8-10-26)19-14-20(23-15-19)22(29)27-11-12-30-16-27;;/h2-6,13,19-20,23H,7-12,14-16H2,1H3;2*1H/t19-,20-;;/m0../s1. The van der Waals surface area contributed by atoms with Gasteiger partial charge >= 0.3 is 0 Å². The molecular formula is C22H32Br2N6OS. The summed E-state index contributed by atoms with van der Waals surface area (Å²) in [4.78, 5) is 19.7. The molecule has 5 rings (SSSR count). The topological polar surface area (TPSA) is 56.6 Å². The number of para-hydroxylation sites is 1.